The van der Waals surface area contributed by atoms with Crippen LogP contribution in [0.1, 0.15) is 16.7 Å². The number of benzene rings is 3. The fraction of sp³-hybridized carbons (Fsp3) is 0.208. The van der Waals surface area contributed by atoms with Crippen molar-refractivity contribution in [3.8, 4) is 23.0 Å². The van der Waals surface area contributed by atoms with Crippen molar-refractivity contribution in [1.29, 1.82) is 0 Å². The molecule has 3 aromatic rings. The molecule has 0 aliphatic carbocycles. The summed E-state index contributed by atoms with van der Waals surface area (Å²) in [5.41, 5.74) is 4.61. The Labute approximate surface area is 192 Å². The van der Waals surface area contributed by atoms with Crippen LogP contribution >= 0.6 is 0 Å². The summed E-state index contributed by atoms with van der Waals surface area (Å²) in [7, 11) is 3.25. The summed E-state index contributed by atoms with van der Waals surface area (Å²) in [6, 6.07) is 18.1. The Bertz CT molecular complexity index is 1160. The third kappa shape index (κ3) is 3.94. The van der Waals surface area contributed by atoms with Gasteiger partial charge in [-0.25, -0.2) is 0 Å². The van der Waals surface area contributed by atoms with Crippen molar-refractivity contribution in [2.75, 3.05) is 19.1 Å². The van der Waals surface area contributed by atoms with Gasteiger partial charge in [0.1, 0.15) is 0 Å². The summed E-state index contributed by atoms with van der Waals surface area (Å²) >= 11 is 1.98. The number of rotatable bonds is 7. The Morgan fingerprint density at radius 2 is 1.55 bits per heavy atom. The van der Waals surface area contributed by atoms with Crippen LogP contribution in [0.2, 0.25) is 0 Å². The van der Waals surface area contributed by atoms with Gasteiger partial charge in [-0.3, -0.25) is 0 Å². The number of nitrogens with zero attached hydrogens (tertiary/aromatic N) is 3. The van der Waals surface area contributed by atoms with Gasteiger partial charge in [0.25, 0.3) is 0 Å². The maximum atomic E-state index is 7.44. The zero-order valence-electron chi connectivity index (χ0n) is 17.2. The van der Waals surface area contributed by atoms with Crippen LogP contribution in [0.5, 0.6) is 23.0 Å². The van der Waals surface area contributed by atoms with Gasteiger partial charge in [-0.2, -0.15) is 0 Å². The molecule has 160 valence electrons. The number of ether oxygens (including phenoxy) is 3. The Balaban J connectivity index is 1.95. The van der Waals surface area contributed by atoms with Crippen LogP contribution in [0.15, 0.2) is 58.1 Å². The first kappa shape index (κ1) is 21.1. The molecule has 0 saturated heterocycles. The van der Waals surface area contributed by atoms with Crippen LogP contribution < -0.4 is 19.1 Å². The Morgan fingerprint density at radius 3 is 2.13 bits per heavy atom. The fourth-order valence-corrected chi connectivity index (χ4v) is 4.19. The summed E-state index contributed by atoms with van der Waals surface area (Å²) in [5, 5.41) is 0. The average molecular weight is 595 g/mol. The van der Waals surface area contributed by atoms with E-state index in [1.807, 2.05) is 62.1 Å². The molecule has 1 aliphatic rings. The van der Waals surface area contributed by atoms with Gasteiger partial charge in [0.05, 0.1) is 0 Å². The van der Waals surface area contributed by atoms with Crippen molar-refractivity contribution in [2.45, 2.75) is 19.6 Å². The second-order valence-electron chi connectivity index (χ2n) is 6.94. The van der Waals surface area contributed by atoms with Crippen LogP contribution in [0.25, 0.3) is 4.85 Å². The van der Waals surface area contributed by atoms with E-state index in [1.165, 1.54) is 5.56 Å². The molecule has 1 aliphatic heterocycles. The van der Waals surface area contributed by atoms with Crippen LogP contribution in [0, 0.1) is 6.57 Å². The van der Waals surface area contributed by atoms with Gasteiger partial charge in [-0.05, 0) is 0 Å². The van der Waals surface area contributed by atoms with E-state index in [4.69, 9.17) is 20.8 Å². The van der Waals surface area contributed by atoms with Gasteiger partial charge < -0.3 is 0 Å². The molecule has 0 fully saturated rings. The number of hydrogen-bond acceptors (Lipinski definition) is 5. The quantitative estimate of drug-likeness (QED) is 0.325. The molecule has 3 aromatic carbocycles. The van der Waals surface area contributed by atoms with Crippen molar-refractivity contribution in [2.24, 2.45) is 3.50 Å². The third-order valence-electron chi connectivity index (χ3n) is 5.25. The standard InChI is InChI=1S/C24H21N3O3.Pt/c1-26-14-18-22(29-3)12-10-20-24(18)30-23-17(13-25)21(28-2)11-9-19(23)27(20)15-16-7-5-4-6-8-16;/h4-12H,13-15H2,2-3H3;. The summed E-state index contributed by atoms with van der Waals surface area (Å²) in [6.45, 7) is 8.71. The molecule has 0 atom stereocenters. The molecule has 1 heterocycles. The van der Waals surface area contributed by atoms with Gasteiger partial charge in [-0.1, -0.05) is 0 Å². The molecule has 4 rings (SSSR count). The summed E-state index contributed by atoms with van der Waals surface area (Å²) in [6.07, 6.45) is 0. The van der Waals surface area contributed by atoms with Crippen molar-refractivity contribution >= 4 is 11.4 Å². The molecular weight excluding hydrogens is 573 g/mol. The molecule has 0 spiro atoms. The second-order valence-corrected chi connectivity index (χ2v) is 7.66. The molecule has 0 N–H and O–H groups in total. The zero-order valence-corrected chi connectivity index (χ0v) is 19.5. The Morgan fingerprint density at radius 1 is 0.935 bits per heavy atom. The van der Waals surface area contributed by atoms with Crippen molar-refractivity contribution in [3.63, 3.8) is 0 Å². The van der Waals surface area contributed by atoms with E-state index in [0.29, 0.717) is 30.3 Å². The van der Waals surface area contributed by atoms with Gasteiger partial charge >= 0.3 is 193 Å². The normalized spacial score (nSPS) is 11.6. The molecule has 0 unspecified atom stereocenters. The molecule has 0 aromatic heterocycles. The third-order valence-corrected chi connectivity index (χ3v) is 5.61. The fourth-order valence-electron chi connectivity index (χ4n) is 3.83. The SMILES string of the molecule is [C-]#[N+]Cc1c(OC)ccc2c1Oc1c(ccc(OC)c1C[N]=[Pt])N2Cc1ccccc1. The van der Waals surface area contributed by atoms with Crippen molar-refractivity contribution in [1.82, 2.24) is 0 Å². The van der Waals surface area contributed by atoms with E-state index in [2.05, 4.69) is 25.4 Å². The number of methoxy groups -OCH3 is 2. The first-order valence-corrected chi connectivity index (χ1v) is 10.7. The Kier molecular flexibility index (Phi) is 6.34. The first-order chi connectivity index (χ1) is 15.2. The van der Waals surface area contributed by atoms with E-state index in [-0.39, 0.29) is 6.54 Å². The molecule has 0 radical (unpaired) electrons. The first-order valence-electron chi connectivity index (χ1n) is 9.69. The van der Waals surface area contributed by atoms with E-state index < -0.39 is 0 Å². The predicted octanol–water partition coefficient (Wildman–Crippen LogP) is 5.80. The molecule has 0 saturated carbocycles. The molecule has 0 amide bonds. The van der Waals surface area contributed by atoms with E-state index in [9.17, 15) is 0 Å². The van der Waals surface area contributed by atoms with Crippen LogP contribution in [0.3, 0.4) is 0 Å². The Hall–Kier alpha value is -3.16. The number of hydrogen-bond donors (Lipinski definition) is 0. The molecule has 6 nitrogen and oxygen atoms in total. The predicted molar refractivity (Wildman–Crippen MR) is 115 cm³/mol. The maximum absolute atomic E-state index is 7.44. The molecule has 0 bridgehead atoms. The number of anilines is 2. The minimum atomic E-state index is 0.164. The monoisotopic (exact) mass is 594 g/mol. The summed E-state index contributed by atoms with van der Waals surface area (Å²) in [4.78, 5) is 5.82. The van der Waals surface area contributed by atoms with E-state index >= 15 is 0 Å². The van der Waals surface area contributed by atoms with E-state index in [0.717, 1.165) is 28.3 Å². The zero-order chi connectivity index (χ0) is 21.8. The van der Waals surface area contributed by atoms with Crippen LogP contribution in [0.4, 0.5) is 11.4 Å². The summed E-state index contributed by atoms with van der Waals surface area (Å²) < 4.78 is 21.9. The van der Waals surface area contributed by atoms with Gasteiger partial charge in [-0.15, -0.1) is 0 Å². The van der Waals surface area contributed by atoms with Gasteiger partial charge in [0, 0.05) is 0 Å². The van der Waals surface area contributed by atoms with Gasteiger partial charge in [0.2, 0.25) is 0 Å². The molecule has 7 heteroatoms. The van der Waals surface area contributed by atoms with Gasteiger partial charge in [0.15, 0.2) is 0 Å². The van der Waals surface area contributed by atoms with Crippen molar-refractivity contribution in [3.05, 3.63) is 82.7 Å². The van der Waals surface area contributed by atoms with Crippen molar-refractivity contribution < 1.29 is 33.8 Å². The van der Waals surface area contributed by atoms with E-state index in [1.54, 1.807) is 14.2 Å². The summed E-state index contributed by atoms with van der Waals surface area (Å²) in [5.74, 6) is 2.70. The topological polar surface area (TPSA) is 47.6 Å². The molecule has 31 heavy (non-hydrogen) atoms. The van der Waals surface area contributed by atoms with Crippen LogP contribution in [-0.2, 0) is 39.3 Å². The molecular formula is C24H21N3O3Pt. The van der Waals surface area contributed by atoms with Crippen LogP contribution in [-0.4, -0.2) is 14.2 Å². The number of fused-ring (bicyclic) bond motifs is 2. The minimum absolute atomic E-state index is 0.164. The average Bonchev–Trinajstić information content (AvgIpc) is 2.80. The second kappa shape index (κ2) is 9.32.